The van der Waals surface area contributed by atoms with E-state index in [0.29, 0.717) is 5.69 Å². The molecular weight excluding hydrogens is 314 g/mol. The smallest absolute Gasteiger partial charge is 0.274 e. The van der Waals surface area contributed by atoms with Crippen LogP contribution in [0.4, 0.5) is 0 Å². The number of nitrogens with zero attached hydrogens (tertiary/aromatic N) is 3. The standard InChI is InChI=1S/C20H23N3O2/c1-14-5-2-3-7-16(14)23-17-8-4-6-15(17)18(21-23)19(24)22-11-20(12-22)9-10-25-13-20/h2-3,5,7H,4,6,8-13H2,1H3. The first-order valence-electron chi connectivity index (χ1n) is 9.21. The highest BCUT2D eigenvalue weighted by atomic mass is 16.5. The quantitative estimate of drug-likeness (QED) is 0.846. The molecule has 5 rings (SSSR count). The van der Waals surface area contributed by atoms with Crippen molar-refractivity contribution in [1.82, 2.24) is 14.7 Å². The molecule has 3 heterocycles. The summed E-state index contributed by atoms with van der Waals surface area (Å²) in [6.45, 7) is 5.36. The average Bonchev–Trinajstić information content (AvgIpc) is 3.29. The van der Waals surface area contributed by atoms with Crippen LogP contribution in [0.15, 0.2) is 24.3 Å². The summed E-state index contributed by atoms with van der Waals surface area (Å²) >= 11 is 0. The van der Waals surface area contributed by atoms with Crippen molar-refractivity contribution in [2.75, 3.05) is 26.3 Å². The summed E-state index contributed by atoms with van der Waals surface area (Å²) in [5.41, 5.74) is 5.55. The number of ether oxygens (including phenoxy) is 1. The Morgan fingerprint density at radius 2 is 2.08 bits per heavy atom. The van der Waals surface area contributed by atoms with Crippen LogP contribution >= 0.6 is 0 Å². The van der Waals surface area contributed by atoms with Gasteiger partial charge < -0.3 is 9.64 Å². The Labute approximate surface area is 147 Å². The number of carbonyl (C=O) groups excluding carboxylic acids is 1. The molecule has 1 aromatic heterocycles. The van der Waals surface area contributed by atoms with Crippen LogP contribution in [0.5, 0.6) is 0 Å². The first-order valence-corrected chi connectivity index (χ1v) is 9.21. The van der Waals surface area contributed by atoms with E-state index in [1.54, 1.807) is 0 Å². The normalized spacial score (nSPS) is 20.8. The number of hydrogen-bond donors (Lipinski definition) is 0. The summed E-state index contributed by atoms with van der Waals surface area (Å²) in [7, 11) is 0. The number of para-hydroxylation sites is 1. The second-order valence-electron chi connectivity index (χ2n) is 7.79. The Bertz CT molecular complexity index is 841. The van der Waals surface area contributed by atoms with Crippen LogP contribution in [0.25, 0.3) is 5.69 Å². The first-order chi connectivity index (χ1) is 12.2. The minimum atomic E-state index is 0.100. The Kier molecular flexibility index (Phi) is 3.29. The van der Waals surface area contributed by atoms with E-state index in [1.807, 2.05) is 21.7 Å². The molecule has 1 aliphatic carbocycles. The molecule has 0 atom stereocenters. The SMILES string of the molecule is Cc1ccccc1-n1nc(C(=O)N2CC3(CCOC3)C2)c2c1CCC2. The van der Waals surface area contributed by atoms with Crippen molar-refractivity contribution in [2.45, 2.75) is 32.6 Å². The topological polar surface area (TPSA) is 47.4 Å². The molecule has 2 saturated heterocycles. The summed E-state index contributed by atoms with van der Waals surface area (Å²) < 4.78 is 7.54. The Morgan fingerprint density at radius 1 is 1.24 bits per heavy atom. The van der Waals surface area contributed by atoms with Gasteiger partial charge in [0.15, 0.2) is 5.69 Å². The van der Waals surface area contributed by atoms with Gasteiger partial charge in [0.25, 0.3) is 5.91 Å². The fraction of sp³-hybridized carbons (Fsp3) is 0.500. The largest absolute Gasteiger partial charge is 0.381 e. The second kappa shape index (κ2) is 5.43. The molecule has 25 heavy (non-hydrogen) atoms. The van der Waals surface area contributed by atoms with Crippen LogP contribution in [-0.2, 0) is 17.6 Å². The summed E-state index contributed by atoms with van der Waals surface area (Å²) in [4.78, 5) is 15.0. The van der Waals surface area contributed by atoms with Crippen molar-refractivity contribution in [1.29, 1.82) is 0 Å². The lowest BCUT2D eigenvalue weighted by Gasteiger charge is -2.46. The van der Waals surface area contributed by atoms with Gasteiger partial charge in [-0.2, -0.15) is 5.10 Å². The molecule has 0 unspecified atom stereocenters. The molecule has 2 fully saturated rings. The second-order valence-corrected chi connectivity index (χ2v) is 7.79. The third kappa shape index (κ3) is 2.25. The molecule has 1 amide bonds. The number of likely N-dealkylation sites (tertiary alicyclic amines) is 1. The van der Waals surface area contributed by atoms with Crippen LogP contribution in [0.1, 0.15) is 40.2 Å². The van der Waals surface area contributed by atoms with E-state index in [4.69, 9.17) is 9.84 Å². The van der Waals surface area contributed by atoms with E-state index in [-0.39, 0.29) is 11.3 Å². The van der Waals surface area contributed by atoms with Gasteiger partial charge in [0.05, 0.1) is 12.3 Å². The number of amides is 1. The van der Waals surface area contributed by atoms with Gasteiger partial charge in [-0.25, -0.2) is 4.68 Å². The van der Waals surface area contributed by atoms with Crippen molar-refractivity contribution >= 4 is 5.91 Å². The molecule has 0 bridgehead atoms. The molecule has 2 aromatic rings. The molecule has 0 saturated carbocycles. The lowest BCUT2D eigenvalue weighted by Crippen LogP contribution is -2.59. The van der Waals surface area contributed by atoms with E-state index in [1.165, 1.54) is 11.3 Å². The molecule has 5 nitrogen and oxygen atoms in total. The predicted octanol–water partition coefficient (Wildman–Crippen LogP) is 2.53. The number of fused-ring (bicyclic) bond motifs is 1. The Morgan fingerprint density at radius 3 is 2.84 bits per heavy atom. The highest BCUT2D eigenvalue weighted by molar-refractivity contribution is 5.95. The van der Waals surface area contributed by atoms with Gasteiger partial charge in [0.1, 0.15) is 0 Å². The van der Waals surface area contributed by atoms with Crippen LogP contribution < -0.4 is 0 Å². The predicted molar refractivity (Wildman–Crippen MR) is 94.1 cm³/mol. The maximum Gasteiger partial charge on any atom is 0.274 e. The maximum absolute atomic E-state index is 13.1. The minimum Gasteiger partial charge on any atom is -0.381 e. The monoisotopic (exact) mass is 337 g/mol. The van der Waals surface area contributed by atoms with Gasteiger partial charge in [-0.05, 0) is 44.2 Å². The molecule has 1 spiro atoms. The highest BCUT2D eigenvalue weighted by Crippen LogP contribution is 2.39. The van der Waals surface area contributed by atoms with E-state index in [9.17, 15) is 4.79 Å². The molecule has 0 radical (unpaired) electrons. The zero-order valence-electron chi connectivity index (χ0n) is 14.6. The van der Waals surface area contributed by atoms with E-state index < -0.39 is 0 Å². The van der Waals surface area contributed by atoms with E-state index >= 15 is 0 Å². The van der Waals surface area contributed by atoms with Crippen LogP contribution in [0.3, 0.4) is 0 Å². The van der Waals surface area contributed by atoms with Crippen molar-refractivity contribution in [2.24, 2.45) is 5.41 Å². The van der Waals surface area contributed by atoms with E-state index in [2.05, 4.69) is 19.1 Å². The zero-order chi connectivity index (χ0) is 17.0. The lowest BCUT2D eigenvalue weighted by molar-refractivity contribution is -0.000147. The fourth-order valence-corrected chi connectivity index (χ4v) is 4.57. The van der Waals surface area contributed by atoms with Crippen molar-refractivity contribution < 1.29 is 9.53 Å². The summed E-state index contributed by atoms with van der Waals surface area (Å²) in [5, 5.41) is 4.77. The number of hydrogen-bond acceptors (Lipinski definition) is 3. The molecule has 1 aromatic carbocycles. The van der Waals surface area contributed by atoms with Gasteiger partial charge in [-0.3, -0.25) is 4.79 Å². The van der Waals surface area contributed by atoms with E-state index in [0.717, 1.165) is 63.2 Å². The number of aromatic nitrogens is 2. The van der Waals surface area contributed by atoms with Crippen molar-refractivity contribution in [3.8, 4) is 5.69 Å². The molecule has 5 heteroatoms. The average molecular weight is 337 g/mol. The summed E-state index contributed by atoms with van der Waals surface area (Å²) in [6, 6.07) is 8.26. The first kappa shape index (κ1) is 15.1. The summed E-state index contributed by atoms with van der Waals surface area (Å²) in [6.07, 6.45) is 4.15. The molecule has 0 N–H and O–H groups in total. The van der Waals surface area contributed by atoms with Crippen molar-refractivity contribution in [3.05, 3.63) is 46.8 Å². The van der Waals surface area contributed by atoms with Gasteiger partial charge in [0, 0.05) is 36.4 Å². The molecular formula is C20H23N3O2. The summed E-state index contributed by atoms with van der Waals surface area (Å²) in [5.74, 6) is 0.100. The molecule has 2 aliphatic heterocycles. The Hall–Kier alpha value is -2.14. The fourth-order valence-electron chi connectivity index (χ4n) is 4.57. The van der Waals surface area contributed by atoms with Gasteiger partial charge in [-0.15, -0.1) is 0 Å². The van der Waals surface area contributed by atoms with Crippen molar-refractivity contribution in [3.63, 3.8) is 0 Å². The van der Waals surface area contributed by atoms with Crippen LogP contribution in [-0.4, -0.2) is 46.9 Å². The third-order valence-electron chi connectivity index (χ3n) is 6.00. The third-order valence-corrected chi connectivity index (χ3v) is 6.00. The zero-order valence-corrected chi connectivity index (χ0v) is 14.6. The molecule has 130 valence electrons. The van der Waals surface area contributed by atoms with Gasteiger partial charge in [0.2, 0.25) is 0 Å². The van der Waals surface area contributed by atoms with Crippen LogP contribution in [0, 0.1) is 12.3 Å². The van der Waals surface area contributed by atoms with Gasteiger partial charge >= 0.3 is 0 Å². The van der Waals surface area contributed by atoms with Gasteiger partial charge in [-0.1, -0.05) is 18.2 Å². The lowest BCUT2D eigenvalue weighted by atomic mass is 9.79. The number of benzene rings is 1. The minimum absolute atomic E-state index is 0.100. The number of carbonyl (C=O) groups is 1. The maximum atomic E-state index is 13.1. The number of aryl methyl sites for hydroxylation is 1. The molecule has 3 aliphatic rings. The van der Waals surface area contributed by atoms with Crippen LogP contribution in [0.2, 0.25) is 0 Å². The highest BCUT2D eigenvalue weighted by Gasteiger charge is 2.48. The Balaban J connectivity index is 1.48. The number of rotatable bonds is 2.